The second-order valence-corrected chi connectivity index (χ2v) is 5.03. The number of aryl methyl sites for hydroxylation is 1. The van der Waals surface area contributed by atoms with E-state index in [4.69, 9.17) is 5.73 Å². The molecule has 0 saturated carbocycles. The molecule has 0 radical (unpaired) electrons. The number of hydrogen-bond donors (Lipinski definition) is 1. The fraction of sp³-hybridized carbons (Fsp3) is 0.571. The molecule has 16 heavy (non-hydrogen) atoms. The highest BCUT2D eigenvalue weighted by atomic mass is 15.2. The molecule has 2 nitrogen and oxygen atoms in total. The summed E-state index contributed by atoms with van der Waals surface area (Å²) < 4.78 is 0. The second-order valence-electron chi connectivity index (χ2n) is 5.03. The Hall–Kier alpha value is -1.02. The number of para-hydroxylation sites is 1. The predicted octanol–water partition coefficient (Wildman–Crippen LogP) is 2.56. The number of benzene rings is 1. The fourth-order valence-corrected chi connectivity index (χ4v) is 2.62. The third-order valence-electron chi connectivity index (χ3n) is 4.06. The molecule has 1 aromatic carbocycles. The smallest absolute Gasteiger partial charge is 0.0398 e. The Kier molecular flexibility index (Phi) is 3.20. The fourth-order valence-electron chi connectivity index (χ4n) is 2.62. The molecule has 1 aromatic rings. The Labute approximate surface area is 98.4 Å². The minimum atomic E-state index is 0.357. The van der Waals surface area contributed by atoms with Crippen molar-refractivity contribution >= 4 is 5.69 Å². The Bertz CT molecular complexity index is 362. The Morgan fingerprint density at radius 1 is 1.25 bits per heavy atom. The molecule has 0 amide bonds. The Morgan fingerprint density at radius 3 is 2.62 bits per heavy atom. The third-order valence-corrected chi connectivity index (χ3v) is 4.06. The van der Waals surface area contributed by atoms with E-state index in [1.807, 2.05) is 0 Å². The SMILES string of the molecule is Cc1ccccc1N1CCC(N)C(C)C1C. The molecule has 88 valence electrons. The standard InChI is InChI=1S/C14H22N2/c1-10-6-4-5-7-14(10)16-9-8-13(15)11(2)12(16)3/h4-7,11-13H,8-9,15H2,1-3H3. The zero-order valence-corrected chi connectivity index (χ0v) is 10.5. The topological polar surface area (TPSA) is 29.3 Å². The molecule has 3 unspecified atom stereocenters. The van der Waals surface area contributed by atoms with Gasteiger partial charge in [-0.05, 0) is 37.8 Å². The van der Waals surface area contributed by atoms with E-state index in [9.17, 15) is 0 Å². The van der Waals surface area contributed by atoms with Crippen LogP contribution < -0.4 is 10.6 Å². The minimum absolute atomic E-state index is 0.357. The summed E-state index contributed by atoms with van der Waals surface area (Å²) in [7, 11) is 0. The quantitative estimate of drug-likeness (QED) is 0.785. The van der Waals surface area contributed by atoms with Crippen LogP contribution in [0.2, 0.25) is 0 Å². The van der Waals surface area contributed by atoms with Crippen LogP contribution in [-0.4, -0.2) is 18.6 Å². The van der Waals surface area contributed by atoms with Gasteiger partial charge in [-0.3, -0.25) is 0 Å². The van der Waals surface area contributed by atoms with Gasteiger partial charge in [0.1, 0.15) is 0 Å². The van der Waals surface area contributed by atoms with Crippen molar-refractivity contribution in [2.24, 2.45) is 11.7 Å². The van der Waals surface area contributed by atoms with Crippen LogP contribution in [-0.2, 0) is 0 Å². The number of piperidine rings is 1. The van der Waals surface area contributed by atoms with Crippen molar-refractivity contribution in [3.8, 4) is 0 Å². The Balaban J connectivity index is 2.25. The van der Waals surface area contributed by atoms with Gasteiger partial charge in [-0.25, -0.2) is 0 Å². The van der Waals surface area contributed by atoms with Gasteiger partial charge in [0.25, 0.3) is 0 Å². The maximum absolute atomic E-state index is 6.12. The summed E-state index contributed by atoms with van der Waals surface area (Å²) in [4.78, 5) is 2.50. The third kappa shape index (κ3) is 1.94. The van der Waals surface area contributed by atoms with Crippen LogP contribution in [0, 0.1) is 12.8 Å². The van der Waals surface area contributed by atoms with Crippen molar-refractivity contribution in [1.29, 1.82) is 0 Å². The van der Waals surface area contributed by atoms with Crippen LogP contribution in [0.1, 0.15) is 25.8 Å². The summed E-state index contributed by atoms with van der Waals surface area (Å²) in [6.07, 6.45) is 1.10. The highest BCUT2D eigenvalue weighted by Crippen LogP contribution is 2.29. The molecule has 2 N–H and O–H groups in total. The highest BCUT2D eigenvalue weighted by molar-refractivity contribution is 5.54. The lowest BCUT2D eigenvalue weighted by atomic mass is 9.87. The van der Waals surface area contributed by atoms with Gasteiger partial charge in [0.2, 0.25) is 0 Å². The lowest BCUT2D eigenvalue weighted by molar-refractivity contribution is 0.315. The van der Waals surface area contributed by atoms with E-state index in [-0.39, 0.29) is 0 Å². The second kappa shape index (κ2) is 4.46. The molecule has 2 heteroatoms. The van der Waals surface area contributed by atoms with Gasteiger partial charge < -0.3 is 10.6 Å². The van der Waals surface area contributed by atoms with Gasteiger partial charge in [-0.2, -0.15) is 0 Å². The molecular weight excluding hydrogens is 196 g/mol. The summed E-state index contributed by atoms with van der Waals surface area (Å²) in [6.45, 7) is 7.81. The molecular formula is C14H22N2. The maximum Gasteiger partial charge on any atom is 0.0398 e. The summed E-state index contributed by atoms with van der Waals surface area (Å²) in [5.41, 5.74) is 8.85. The molecule has 1 fully saturated rings. The summed E-state index contributed by atoms with van der Waals surface area (Å²) in [5, 5.41) is 0. The van der Waals surface area contributed by atoms with Crippen molar-refractivity contribution < 1.29 is 0 Å². The highest BCUT2D eigenvalue weighted by Gasteiger charge is 2.30. The average molecular weight is 218 g/mol. The largest absolute Gasteiger partial charge is 0.368 e. The molecule has 0 bridgehead atoms. The van der Waals surface area contributed by atoms with Gasteiger partial charge in [0.05, 0.1) is 0 Å². The first-order chi connectivity index (χ1) is 7.61. The molecule has 1 heterocycles. The minimum Gasteiger partial charge on any atom is -0.368 e. The lowest BCUT2D eigenvalue weighted by Gasteiger charge is -2.43. The first-order valence-corrected chi connectivity index (χ1v) is 6.19. The van der Waals surface area contributed by atoms with Gasteiger partial charge in [0, 0.05) is 24.3 Å². The number of hydrogen-bond acceptors (Lipinski definition) is 2. The number of nitrogens with zero attached hydrogens (tertiary/aromatic N) is 1. The van der Waals surface area contributed by atoms with Crippen molar-refractivity contribution in [3.05, 3.63) is 29.8 Å². The van der Waals surface area contributed by atoms with Gasteiger partial charge >= 0.3 is 0 Å². The van der Waals surface area contributed by atoms with E-state index < -0.39 is 0 Å². The zero-order valence-electron chi connectivity index (χ0n) is 10.5. The zero-order chi connectivity index (χ0) is 11.7. The van der Waals surface area contributed by atoms with Crippen molar-refractivity contribution in [3.63, 3.8) is 0 Å². The number of nitrogens with two attached hydrogens (primary N) is 1. The first kappa shape index (κ1) is 11.5. The van der Waals surface area contributed by atoms with E-state index in [1.165, 1.54) is 11.3 Å². The van der Waals surface area contributed by atoms with E-state index in [2.05, 4.69) is 49.9 Å². The van der Waals surface area contributed by atoms with Gasteiger partial charge in [-0.1, -0.05) is 25.1 Å². The van der Waals surface area contributed by atoms with E-state index >= 15 is 0 Å². The molecule has 1 aliphatic heterocycles. The predicted molar refractivity (Wildman–Crippen MR) is 69.7 cm³/mol. The van der Waals surface area contributed by atoms with Crippen LogP contribution in [0.3, 0.4) is 0 Å². The van der Waals surface area contributed by atoms with E-state index in [0.29, 0.717) is 18.0 Å². The van der Waals surface area contributed by atoms with E-state index in [0.717, 1.165) is 13.0 Å². The van der Waals surface area contributed by atoms with Crippen molar-refractivity contribution in [2.45, 2.75) is 39.3 Å². The van der Waals surface area contributed by atoms with Gasteiger partial charge in [0.15, 0.2) is 0 Å². The molecule has 0 spiro atoms. The lowest BCUT2D eigenvalue weighted by Crippen LogP contribution is -2.52. The molecule has 1 saturated heterocycles. The van der Waals surface area contributed by atoms with E-state index in [1.54, 1.807) is 0 Å². The number of anilines is 1. The summed E-state index contributed by atoms with van der Waals surface area (Å²) >= 11 is 0. The first-order valence-electron chi connectivity index (χ1n) is 6.19. The molecule has 3 atom stereocenters. The van der Waals surface area contributed by atoms with Crippen LogP contribution in [0.5, 0.6) is 0 Å². The average Bonchev–Trinajstić information content (AvgIpc) is 2.28. The molecule has 0 aromatic heterocycles. The number of rotatable bonds is 1. The molecule has 2 rings (SSSR count). The summed E-state index contributed by atoms with van der Waals surface area (Å²) in [5.74, 6) is 0.563. The van der Waals surface area contributed by atoms with Crippen LogP contribution in [0.4, 0.5) is 5.69 Å². The maximum atomic E-state index is 6.12. The molecule has 1 aliphatic rings. The monoisotopic (exact) mass is 218 g/mol. The van der Waals surface area contributed by atoms with Crippen LogP contribution in [0.15, 0.2) is 24.3 Å². The van der Waals surface area contributed by atoms with Crippen LogP contribution >= 0.6 is 0 Å². The Morgan fingerprint density at radius 2 is 1.94 bits per heavy atom. The van der Waals surface area contributed by atoms with Crippen LogP contribution in [0.25, 0.3) is 0 Å². The van der Waals surface area contributed by atoms with Gasteiger partial charge in [-0.15, -0.1) is 0 Å². The summed E-state index contributed by atoms with van der Waals surface area (Å²) in [6, 6.07) is 9.51. The van der Waals surface area contributed by atoms with Crippen molar-refractivity contribution in [2.75, 3.05) is 11.4 Å². The van der Waals surface area contributed by atoms with Crippen molar-refractivity contribution in [1.82, 2.24) is 0 Å². The molecule has 0 aliphatic carbocycles. The normalized spacial score (nSPS) is 30.5.